The minimum Gasteiger partial charge on any atom is -0.465 e. The molecule has 0 aliphatic heterocycles. The molecule has 3 aromatic rings. The van der Waals surface area contributed by atoms with E-state index in [1.54, 1.807) is 0 Å². The largest absolute Gasteiger partial charge is 0.465 e. The summed E-state index contributed by atoms with van der Waals surface area (Å²) in [5, 5.41) is 3.64. The van der Waals surface area contributed by atoms with Gasteiger partial charge in [-0.15, -0.1) is 0 Å². The Morgan fingerprint density at radius 1 is 0.800 bits per heavy atom. The van der Waals surface area contributed by atoms with E-state index in [2.05, 4.69) is 61.5 Å². The number of hydrogen-bond donors (Lipinski definition) is 0. The summed E-state index contributed by atoms with van der Waals surface area (Å²) in [7, 11) is -0.499. The molecule has 25 heavy (non-hydrogen) atoms. The zero-order valence-electron chi connectivity index (χ0n) is 14.6. The Labute approximate surface area is 149 Å². The van der Waals surface area contributed by atoms with Gasteiger partial charge in [-0.25, -0.2) is 4.79 Å². The molecule has 3 rings (SSSR count). The van der Waals surface area contributed by atoms with E-state index in [9.17, 15) is 4.79 Å². The maximum atomic E-state index is 12.5. The fraction of sp³-hybridized carbons (Fsp3) is 0.136. The fourth-order valence-corrected chi connectivity index (χ4v) is 7.62. The predicted octanol–water partition coefficient (Wildman–Crippen LogP) is 3.79. The van der Waals surface area contributed by atoms with Crippen molar-refractivity contribution in [2.24, 2.45) is 0 Å². The minimum atomic E-state index is -1.94. The Balaban J connectivity index is 2.36. The van der Waals surface area contributed by atoms with Crippen LogP contribution in [0.4, 0.5) is 0 Å². The molecule has 0 atom stereocenters. The van der Waals surface area contributed by atoms with Crippen LogP contribution in [0.5, 0.6) is 0 Å². The molecule has 0 saturated carbocycles. The highest BCUT2D eigenvalue weighted by Crippen LogP contribution is 2.55. The molecule has 0 radical (unpaired) electrons. The molecule has 3 aromatic carbocycles. The van der Waals surface area contributed by atoms with Gasteiger partial charge in [0.25, 0.3) is 0 Å². The standard InChI is InChI=1S/C22H22O2P/c1-3-25(18-12-6-4-7-13-18,19-14-8-5-9-15-19)21-17-11-10-16-20(21)22(23)24-2/h4-17H,3H2,1-2H3/q+1. The van der Waals surface area contributed by atoms with Crippen molar-refractivity contribution < 1.29 is 9.53 Å². The summed E-state index contributed by atoms with van der Waals surface area (Å²) in [6, 6.07) is 28.9. The zero-order valence-corrected chi connectivity index (χ0v) is 15.4. The van der Waals surface area contributed by atoms with Crippen LogP contribution in [-0.4, -0.2) is 19.2 Å². The lowest BCUT2D eigenvalue weighted by molar-refractivity contribution is 0.0602. The third-order valence-corrected chi connectivity index (χ3v) is 9.11. The lowest BCUT2D eigenvalue weighted by Crippen LogP contribution is -2.35. The molecule has 0 spiro atoms. The van der Waals surface area contributed by atoms with Crippen molar-refractivity contribution in [3.05, 3.63) is 90.5 Å². The van der Waals surface area contributed by atoms with Gasteiger partial charge >= 0.3 is 5.97 Å². The third-order valence-electron chi connectivity index (χ3n) is 4.59. The highest BCUT2D eigenvalue weighted by Gasteiger charge is 2.46. The molecule has 0 N–H and O–H groups in total. The average Bonchev–Trinajstić information content (AvgIpc) is 2.70. The number of hydrogen-bond acceptors (Lipinski definition) is 2. The van der Waals surface area contributed by atoms with E-state index in [1.165, 1.54) is 17.7 Å². The molecule has 0 amide bonds. The number of ether oxygens (including phenoxy) is 1. The summed E-state index contributed by atoms with van der Waals surface area (Å²) in [5.74, 6) is -0.278. The smallest absolute Gasteiger partial charge is 0.341 e. The van der Waals surface area contributed by atoms with Crippen molar-refractivity contribution in [3.8, 4) is 0 Å². The molecular formula is C22H22O2P+. The lowest BCUT2D eigenvalue weighted by Gasteiger charge is -2.27. The normalized spacial score (nSPS) is 11.1. The Morgan fingerprint density at radius 2 is 1.28 bits per heavy atom. The average molecular weight is 349 g/mol. The molecule has 0 bridgehead atoms. The highest BCUT2D eigenvalue weighted by atomic mass is 31.2. The minimum absolute atomic E-state index is 0.278. The van der Waals surface area contributed by atoms with Gasteiger partial charge < -0.3 is 4.74 Å². The summed E-state index contributed by atoms with van der Waals surface area (Å²) in [6.45, 7) is 2.21. The van der Waals surface area contributed by atoms with Crippen molar-refractivity contribution in [2.45, 2.75) is 6.92 Å². The lowest BCUT2D eigenvalue weighted by atomic mass is 10.2. The van der Waals surface area contributed by atoms with Gasteiger partial charge in [0.05, 0.1) is 13.3 Å². The van der Waals surface area contributed by atoms with E-state index in [-0.39, 0.29) is 5.97 Å². The molecule has 126 valence electrons. The molecule has 3 heteroatoms. The number of carbonyl (C=O) groups excluding carboxylic acids is 1. The van der Waals surface area contributed by atoms with Crippen molar-refractivity contribution >= 4 is 29.1 Å². The van der Waals surface area contributed by atoms with Crippen LogP contribution in [0.25, 0.3) is 0 Å². The van der Waals surface area contributed by atoms with E-state index in [0.717, 1.165) is 11.5 Å². The van der Waals surface area contributed by atoms with Crippen LogP contribution in [0.15, 0.2) is 84.9 Å². The molecule has 0 fully saturated rings. The van der Waals surface area contributed by atoms with Crippen LogP contribution in [0.2, 0.25) is 0 Å². The van der Waals surface area contributed by atoms with Crippen LogP contribution < -0.4 is 15.9 Å². The number of carbonyl (C=O) groups is 1. The number of benzene rings is 3. The molecule has 0 saturated heterocycles. The molecule has 0 unspecified atom stereocenters. The molecule has 0 aliphatic rings. The Hall–Kier alpha value is -2.44. The number of esters is 1. The number of methoxy groups -OCH3 is 1. The predicted molar refractivity (Wildman–Crippen MR) is 107 cm³/mol. The summed E-state index contributed by atoms with van der Waals surface area (Å²) in [4.78, 5) is 12.5. The topological polar surface area (TPSA) is 26.3 Å². The third kappa shape index (κ3) is 3.10. The van der Waals surface area contributed by atoms with Gasteiger partial charge in [-0.3, -0.25) is 0 Å². The molecule has 2 nitrogen and oxygen atoms in total. The number of rotatable bonds is 5. The van der Waals surface area contributed by atoms with Gasteiger partial charge in [-0.1, -0.05) is 48.5 Å². The van der Waals surface area contributed by atoms with E-state index in [1.807, 2.05) is 30.3 Å². The first-order valence-corrected chi connectivity index (χ1v) is 10.4. The summed E-state index contributed by atoms with van der Waals surface area (Å²) in [5.41, 5.74) is 0.660. The van der Waals surface area contributed by atoms with Crippen LogP contribution in [0.3, 0.4) is 0 Å². The summed E-state index contributed by atoms with van der Waals surface area (Å²) < 4.78 is 5.07. The second-order valence-electron chi connectivity index (χ2n) is 5.81. The van der Waals surface area contributed by atoms with Gasteiger partial charge in [0, 0.05) is 0 Å². The quantitative estimate of drug-likeness (QED) is 0.517. The van der Waals surface area contributed by atoms with Gasteiger partial charge in [0.2, 0.25) is 0 Å². The second kappa shape index (κ2) is 7.63. The van der Waals surface area contributed by atoms with E-state index in [4.69, 9.17) is 4.74 Å². The SMILES string of the molecule is CC[P+](c1ccccc1)(c1ccccc1)c1ccccc1C(=O)OC. The molecular weight excluding hydrogens is 327 g/mol. The molecule has 0 aliphatic carbocycles. The van der Waals surface area contributed by atoms with Crippen molar-refractivity contribution in [2.75, 3.05) is 13.3 Å². The van der Waals surface area contributed by atoms with Crippen LogP contribution in [-0.2, 0) is 4.74 Å². The van der Waals surface area contributed by atoms with Crippen LogP contribution in [0.1, 0.15) is 17.3 Å². The van der Waals surface area contributed by atoms with Crippen LogP contribution in [0, 0.1) is 0 Å². The van der Waals surface area contributed by atoms with Crippen molar-refractivity contribution in [3.63, 3.8) is 0 Å². The van der Waals surface area contributed by atoms with Gasteiger partial charge in [-0.05, 0) is 43.3 Å². The first-order valence-electron chi connectivity index (χ1n) is 8.41. The van der Waals surface area contributed by atoms with Crippen LogP contribution >= 0.6 is 7.26 Å². The second-order valence-corrected chi connectivity index (χ2v) is 9.57. The van der Waals surface area contributed by atoms with Gasteiger partial charge in [-0.2, -0.15) is 0 Å². The van der Waals surface area contributed by atoms with Crippen molar-refractivity contribution in [1.82, 2.24) is 0 Å². The highest BCUT2D eigenvalue weighted by molar-refractivity contribution is 7.95. The summed E-state index contributed by atoms with van der Waals surface area (Å²) in [6.07, 6.45) is 0.940. The zero-order chi connectivity index (χ0) is 17.7. The van der Waals surface area contributed by atoms with Gasteiger partial charge in [0.15, 0.2) is 0 Å². The Bertz CT molecular complexity index is 805. The van der Waals surface area contributed by atoms with E-state index < -0.39 is 7.26 Å². The first kappa shape index (κ1) is 17.4. The van der Waals surface area contributed by atoms with Crippen molar-refractivity contribution in [1.29, 1.82) is 0 Å². The van der Waals surface area contributed by atoms with Gasteiger partial charge in [0.1, 0.15) is 28.7 Å². The Morgan fingerprint density at radius 3 is 1.76 bits per heavy atom. The monoisotopic (exact) mass is 349 g/mol. The maximum Gasteiger partial charge on any atom is 0.341 e. The Kier molecular flexibility index (Phi) is 5.31. The maximum absolute atomic E-state index is 12.5. The molecule has 0 heterocycles. The van der Waals surface area contributed by atoms with E-state index in [0.29, 0.717) is 5.56 Å². The fourth-order valence-electron chi connectivity index (χ4n) is 3.42. The molecule has 0 aromatic heterocycles. The first-order chi connectivity index (χ1) is 12.2. The van der Waals surface area contributed by atoms with E-state index >= 15 is 0 Å². The summed E-state index contributed by atoms with van der Waals surface area (Å²) >= 11 is 0.